The van der Waals surface area contributed by atoms with Gasteiger partial charge < -0.3 is 14.8 Å². The van der Waals surface area contributed by atoms with Crippen LogP contribution in [0.4, 0.5) is 0 Å². The molecule has 0 fully saturated rings. The first-order valence-electron chi connectivity index (χ1n) is 8.12. The summed E-state index contributed by atoms with van der Waals surface area (Å²) < 4.78 is 12.7. The number of aromatic nitrogens is 2. The Morgan fingerprint density at radius 1 is 1.12 bits per heavy atom. The van der Waals surface area contributed by atoms with Crippen LogP contribution in [-0.4, -0.2) is 30.5 Å². The molecule has 1 heterocycles. The number of ether oxygens (including phenoxy) is 2. The first kappa shape index (κ1) is 20.3. The number of rotatable bonds is 9. The van der Waals surface area contributed by atoms with Crippen molar-refractivity contribution in [3.63, 3.8) is 0 Å². The molecular formula is C18H28ClN3O2. The van der Waals surface area contributed by atoms with Crippen molar-refractivity contribution in [1.29, 1.82) is 0 Å². The highest BCUT2D eigenvalue weighted by atomic mass is 35.5. The van der Waals surface area contributed by atoms with E-state index in [1.807, 2.05) is 19.1 Å². The van der Waals surface area contributed by atoms with Gasteiger partial charge in [-0.2, -0.15) is 5.10 Å². The van der Waals surface area contributed by atoms with Crippen LogP contribution >= 0.6 is 12.4 Å². The predicted molar refractivity (Wildman–Crippen MR) is 99.5 cm³/mol. The Kier molecular flexibility index (Phi) is 8.65. The van der Waals surface area contributed by atoms with Gasteiger partial charge in [-0.25, -0.2) is 0 Å². The number of halogens is 1. The van der Waals surface area contributed by atoms with Crippen molar-refractivity contribution >= 4 is 12.4 Å². The Morgan fingerprint density at radius 2 is 1.88 bits per heavy atom. The van der Waals surface area contributed by atoms with E-state index in [2.05, 4.69) is 34.2 Å². The molecule has 0 amide bonds. The summed E-state index contributed by atoms with van der Waals surface area (Å²) >= 11 is 0. The van der Waals surface area contributed by atoms with Crippen LogP contribution in [0.5, 0.6) is 11.5 Å². The molecule has 0 unspecified atom stereocenters. The van der Waals surface area contributed by atoms with E-state index in [1.54, 1.807) is 14.2 Å². The summed E-state index contributed by atoms with van der Waals surface area (Å²) in [6, 6.07) is 8.22. The average Bonchev–Trinajstić information content (AvgIpc) is 2.91. The minimum absolute atomic E-state index is 0. The van der Waals surface area contributed by atoms with Crippen LogP contribution in [-0.2, 0) is 19.5 Å². The van der Waals surface area contributed by atoms with E-state index in [0.29, 0.717) is 0 Å². The number of benzene rings is 1. The van der Waals surface area contributed by atoms with Crippen LogP contribution in [0.15, 0.2) is 24.3 Å². The van der Waals surface area contributed by atoms with Gasteiger partial charge in [0.1, 0.15) is 0 Å². The summed E-state index contributed by atoms with van der Waals surface area (Å²) in [5, 5.41) is 8.02. The molecule has 6 heteroatoms. The first-order valence-corrected chi connectivity index (χ1v) is 8.12. The van der Waals surface area contributed by atoms with Crippen molar-refractivity contribution in [3.05, 3.63) is 41.2 Å². The van der Waals surface area contributed by atoms with Crippen LogP contribution in [0.3, 0.4) is 0 Å². The van der Waals surface area contributed by atoms with E-state index in [-0.39, 0.29) is 12.4 Å². The zero-order valence-corrected chi connectivity index (χ0v) is 15.8. The fraction of sp³-hybridized carbons (Fsp3) is 0.500. The van der Waals surface area contributed by atoms with Crippen LogP contribution in [0, 0.1) is 6.92 Å². The highest BCUT2D eigenvalue weighted by Crippen LogP contribution is 2.27. The van der Waals surface area contributed by atoms with Gasteiger partial charge in [-0.3, -0.25) is 4.68 Å². The lowest BCUT2D eigenvalue weighted by Gasteiger charge is -2.10. The quantitative estimate of drug-likeness (QED) is 0.702. The molecule has 0 aliphatic rings. The summed E-state index contributed by atoms with van der Waals surface area (Å²) in [7, 11) is 3.32. The average molecular weight is 354 g/mol. The zero-order valence-electron chi connectivity index (χ0n) is 15.0. The standard InChI is InChI=1S/C18H27N3O2.ClH/c1-5-10-21-16(11-14(2)20-21)13-19-9-8-15-6-7-17(22-3)18(12-15)23-4;/h6-7,11-12,19H,5,8-10,13H2,1-4H3;1H. The summed E-state index contributed by atoms with van der Waals surface area (Å²) in [5.41, 5.74) is 3.56. The van der Waals surface area contributed by atoms with Crippen LogP contribution in [0.2, 0.25) is 0 Å². The minimum atomic E-state index is 0. The summed E-state index contributed by atoms with van der Waals surface area (Å²) in [5.74, 6) is 1.55. The van der Waals surface area contributed by atoms with Gasteiger partial charge in [0.05, 0.1) is 25.6 Å². The molecule has 0 saturated carbocycles. The van der Waals surface area contributed by atoms with Crippen LogP contribution in [0.1, 0.15) is 30.3 Å². The highest BCUT2D eigenvalue weighted by molar-refractivity contribution is 5.85. The molecule has 0 spiro atoms. The van der Waals surface area contributed by atoms with Gasteiger partial charge in [0.25, 0.3) is 0 Å². The lowest BCUT2D eigenvalue weighted by Crippen LogP contribution is -2.19. The molecule has 2 aromatic rings. The molecule has 0 aliphatic heterocycles. The van der Waals surface area contributed by atoms with E-state index in [0.717, 1.165) is 49.7 Å². The SMILES string of the molecule is CCCn1nc(C)cc1CNCCc1ccc(OC)c(OC)c1.Cl. The second-order valence-corrected chi connectivity index (χ2v) is 5.62. The Hall–Kier alpha value is -1.72. The second-order valence-electron chi connectivity index (χ2n) is 5.62. The lowest BCUT2D eigenvalue weighted by molar-refractivity contribution is 0.354. The van der Waals surface area contributed by atoms with Gasteiger partial charge in [0.2, 0.25) is 0 Å². The number of nitrogens with one attached hydrogen (secondary N) is 1. The molecule has 0 radical (unpaired) electrons. The summed E-state index contributed by atoms with van der Waals surface area (Å²) in [6.07, 6.45) is 2.04. The molecule has 0 bridgehead atoms. The number of hydrogen-bond acceptors (Lipinski definition) is 4. The van der Waals surface area contributed by atoms with Crippen molar-refractivity contribution in [2.24, 2.45) is 0 Å². The van der Waals surface area contributed by atoms with Gasteiger partial charge >= 0.3 is 0 Å². The van der Waals surface area contributed by atoms with E-state index < -0.39 is 0 Å². The number of hydrogen-bond donors (Lipinski definition) is 1. The molecule has 1 aromatic heterocycles. The van der Waals surface area contributed by atoms with Crippen molar-refractivity contribution in [1.82, 2.24) is 15.1 Å². The topological polar surface area (TPSA) is 48.3 Å². The fourth-order valence-corrected chi connectivity index (χ4v) is 2.63. The maximum absolute atomic E-state index is 5.34. The minimum Gasteiger partial charge on any atom is -0.493 e. The molecule has 1 aromatic carbocycles. The number of nitrogens with zero attached hydrogens (tertiary/aromatic N) is 2. The third kappa shape index (κ3) is 5.42. The second kappa shape index (κ2) is 10.2. The monoisotopic (exact) mass is 353 g/mol. The molecular weight excluding hydrogens is 326 g/mol. The van der Waals surface area contributed by atoms with Crippen LogP contribution in [0.25, 0.3) is 0 Å². The van der Waals surface area contributed by atoms with Crippen molar-refractivity contribution < 1.29 is 9.47 Å². The zero-order chi connectivity index (χ0) is 16.7. The molecule has 0 aliphatic carbocycles. The largest absolute Gasteiger partial charge is 0.493 e. The van der Waals surface area contributed by atoms with E-state index in [9.17, 15) is 0 Å². The number of methoxy groups -OCH3 is 2. The van der Waals surface area contributed by atoms with E-state index in [1.165, 1.54) is 11.3 Å². The van der Waals surface area contributed by atoms with Crippen LogP contribution < -0.4 is 14.8 Å². The van der Waals surface area contributed by atoms with Gasteiger partial charge in [-0.1, -0.05) is 13.0 Å². The van der Waals surface area contributed by atoms with Gasteiger partial charge in [0.15, 0.2) is 11.5 Å². The Labute approximate surface area is 150 Å². The molecule has 134 valence electrons. The molecule has 24 heavy (non-hydrogen) atoms. The Morgan fingerprint density at radius 3 is 2.54 bits per heavy atom. The fourth-order valence-electron chi connectivity index (χ4n) is 2.63. The van der Waals surface area contributed by atoms with Crippen molar-refractivity contribution in [2.45, 2.75) is 39.8 Å². The van der Waals surface area contributed by atoms with Crippen molar-refractivity contribution in [2.75, 3.05) is 20.8 Å². The highest BCUT2D eigenvalue weighted by Gasteiger charge is 2.06. The number of aryl methyl sites for hydroxylation is 2. The first-order chi connectivity index (χ1) is 11.2. The van der Waals surface area contributed by atoms with Crippen molar-refractivity contribution in [3.8, 4) is 11.5 Å². The molecule has 0 atom stereocenters. The van der Waals surface area contributed by atoms with Gasteiger partial charge in [-0.15, -0.1) is 12.4 Å². The summed E-state index contributed by atoms with van der Waals surface area (Å²) in [4.78, 5) is 0. The molecule has 2 rings (SSSR count). The predicted octanol–water partition coefficient (Wildman–Crippen LogP) is 3.37. The van der Waals surface area contributed by atoms with Gasteiger partial charge in [-0.05, 0) is 50.1 Å². The molecule has 1 N–H and O–H groups in total. The Balaban J connectivity index is 0.00000288. The maximum atomic E-state index is 5.34. The van der Waals surface area contributed by atoms with Gasteiger partial charge in [0, 0.05) is 13.1 Å². The maximum Gasteiger partial charge on any atom is 0.160 e. The lowest BCUT2D eigenvalue weighted by atomic mass is 10.1. The summed E-state index contributed by atoms with van der Waals surface area (Å²) in [6.45, 7) is 6.94. The third-order valence-corrected chi connectivity index (χ3v) is 3.77. The normalized spacial score (nSPS) is 10.3. The molecule has 0 saturated heterocycles. The molecule has 5 nitrogen and oxygen atoms in total. The van der Waals surface area contributed by atoms with E-state index >= 15 is 0 Å². The van der Waals surface area contributed by atoms with E-state index in [4.69, 9.17) is 9.47 Å². The third-order valence-electron chi connectivity index (χ3n) is 3.77. The Bertz CT molecular complexity index is 629. The smallest absolute Gasteiger partial charge is 0.160 e.